The van der Waals surface area contributed by atoms with Gasteiger partial charge in [0.25, 0.3) is 0 Å². The van der Waals surface area contributed by atoms with Crippen molar-refractivity contribution in [1.29, 1.82) is 0 Å². The number of aryl methyl sites for hydroxylation is 3. The summed E-state index contributed by atoms with van der Waals surface area (Å²) >= 11 is 0. The molecule has 0 aliphatic heterocycles. The van der Waals surface area contributed by atoms with Gasteiger partial charge >= 0.3 is 0 Å². The summed E-state index contributed by atoms with van der Waals surface area (Å²) in [5, 5.41) is 1.96. The minimum absolute atomic E-state index is 0.317. The SMILES string of the molecule is [2H]C([2H])([2H])c1ccc(-c2ccc(-c3nc4ccccc4n3-c3cc(C)nc(C)c3)c3oc4ccccc4c23)cc1. The second-order valence-corrected chi connectivity index (χ2v) is 9.41. The number of pyridine rings is 1. The molecule has 0 fully saturated rings. The number of hydrogen-bond donors (Lipinski definition) is 0. The molecule has 3 heterocycles. The standard InChI is InChI=1S/C33H25N3O/c1-20-12-14-23(15-13-20)25-16-17-27(32-31(25)26-8-4-7-11-30(26)37-32)33-35-28-9-5-6-10-29(28)36(33)24-18-21(2)34-22(3)19-24/h4-19H,1-3H3/i1D3. The third-order valence-corrected chi connectivity index (χ3v) is 6.85. The zero-order valence-electron chi connectivity index (χ0n) is 23.5. The van der Waals surface area contributed by atoms with Gasteiger partial charge in [-0.2, -0.15) is 0 Å². The molecule has 0 radical (unpaired) electrons. The third-order valence-electron chi connectivity index (χ3n) is 6.85. The Balaban J connectivity index is 1.54. The molecule has 37 heavy (non-hydrogen) atoms. The Morgan fingerprint density at radius 1 is 0.757 bits per heavy atom. The van der Waals surface area contributed by atoms with E-state index in [4.69, 9.17) is 13.5 Å². The molecule has 0 amide bonds. The van der Waals surface area contributed by atoms with Crippen molar-refractivity contribution in [2.45, 2.75) is 20.7 Å². The van der Waals surface area contributed by atoms with E-state index >= 15 is 0 Å². The predicted octanol–water partition coefficient (Wildman–Crippen LogP) is 8.58. The maximum Gasteiger partial charge on any atom is 0.149 e. The summed E-state index contributed by atoms with van der Waals surface area (Å²) in [7, 11) is 0. The van der Waals surface area contributed by atoms with Gasteiger partial charge < -0.3 is 4.42 Å². The Morgan fingerprint density at radius 3 is 2.30 bits per heavy atom. The first-order chi connectivity index (χ1) is 19.3. The van der Waals surface area contributed by atoms with E-state index in [1.165, 1.54) is 0 Å². The van der Waals surface area contributed by atoms with E-state index < -0.39 is 6.85 Å². The van der Waals surface area contributed by atoms with Gasteiger partial charge in [0.15, 0.2) is 0 Å². The van der Waals surface area contributed by atoms with Gasteiger partial charge in [-0.1, -0.05) is 66.2 Å². The minimum atomic E-state index is -2.15. The number of benzene rings is 4. The highest BCUT2D eigenvalue weighted by molar-refractivity contribution is 6.16. The molecule has 3 aromatic heterocycles. The molecule has 4 nitrogen and oxygen atoms in total. The number of hydrogen-bond acceptors (Lipinski definition) is 3. The number of rotatable bonds is 3. The zero-order chi connectivity index (χ0) is 27.6. The van der Waals surface area contributed by atoms with Crippen molar-refractivity contribution in [3.8, 4) is 28.2 Å². The molecule has 0 saturated heterocycles. The number of para-hydroxylation sites is 3. The van der Waals surface area contributed by atoms with Crippen molar-refractivity contribution >= 4 is 33.0 Å². The van der Waals surface area contributed by atoms with Crippen LogP contribution in [0.4, 0.5) is 0 Å². The molecule has 4 aromatic carbocycles. The Kier molecular flexibility index (Phi) is 4.10. The smallest absolute Gasteiger partial charge is 0.149 e. The van der Waals surface area contributed by atoms with Gasteiger partial charge in [-0.05, 0) is 68.2 Å². The van der Waals surface area contributed by atoms with Crippen LogP contribution in [0.25, 0.3) is 61.2 Å². The summed E-state index contributed by atoms with van der Waals surface area (Å²) in [4.78, 5) is 9.68. The van der Waals surface area contributed by atoms with Gasteiger partial charge in [0, 0.05) is 26.3 Å². The van der Waals surface area contributed by atoms with Crippen LogP contribution in [0, 0.1) is 20.7 Å². The summed E-state index contributed by atoms with van der Waals surface area (Å²) in [5.74, 6) is 0.777. The molecule has 7 aromatic rings. The quantitative estimate of drug-likeness (QED) is 0.253. The van der Waals surface area contributed by atoms with Crippen LogP contribution in [0.5, 0.6) is 0 Å². The van der Waals surface area contributed by atoms with Crippen LogP contribution in [0.15, 0.2) is 101 Å². The van der Waals surface area contributed by atoms with Gasteiger partial charge in [-0.3, -0.25) is 9.55 Å². The topological polar surface area (TPSA) is 43.9 Å². The van der Waals surface area contributed by atoms with E-state index in [1.807, 2.05) is 62.4 Å². The first kappa shape index (κ1) is 18.6. The molecule has 0 bridgehead atoms. The molecule has 0 saturated carbocycles. The number of aromatic nitrogens is 3. The highest BCUT2D eigenvalue weighted by Crippen LogP contribution is 2.42. The fraction of sp³-hybridized carbons (Fsp3) is 0.0909. The normalized spacial score (nSPS) is 13.2. The Morgan fingerprint density at radius 2 is 1.49 bits per heavy atom. The molecule has 178 valence electrons. The maximum absolute atomic E-state index is 7.75. The van der Waals surface area contributed by atoms with E-state index in [1.54, 1.807) is 12.1 Å². The zero-order valence-corrected chi connectivity index (χ0v) is 20.5. The molecule has 0 atom stereocenters. The fourth-order valence-electron chi connectivity index (χ4n) is 5.30. The number of imidazole rings is 1. The fourth-order valence-corrected chi connectivity index (χ4v) is 5.30. The summed E-state index contributed by atoms with van der Waals surface area (Å²) in [6, 6.07) is 31.5. The van der Waals surface area contributed by atoms with E-state index in [-0.39, 0.29) is 0 Å². The summed E-state index contributed by atoms with van der Waals surface area (Å²) in [6.45, 7) is 1.85. The lowest BCUT2D eigenvalue weighted by Gasteiger charge is -2.13. The van der Waals surface area contributed by atoms with Crippen molar-refractivity contribution < 1.29 is 8.53 Å². The molecule has 0 aliphatic carbocycles. The average Bonchev–Trinajstić information content (AvgIpc) is 3.51. The Labute approximate surface area is 219 Å². The second-order valence-electron chi connectivity index (χ2n) is 9.41. The van der Waals surface area contributed by atoms with Crippen molar-refractivity contribution in [3.05, 3.63) is 114 Å². The molecule has 4 heteroatoms. The van der Waals surface area contributed by atoms with Gasteiger partial charge in [0.05, 0.1) is 22.3 Å². The first-order valence-corrected chi connectivity index (χ1v) is 12.3. The van der Waals surface area contributed by atoms with Crippen LogP contribution in [0.3, 0.4) is 0 Å². The second kappa shape index (κ2) is 8.17. The van der Waals surface area contributed by atoms with Crippen LogP contribution in [0.1, 0.15) is 21.1 Å². The molecule has 7 rings (SSSR count). The molecule has 0 unspecified atom stereocenters. The monoisotopic (exact) mass is 482 g/mol. The van der Waals surface area contributed by atoms with E-state index in [0.717, 1.165) is 72.6 Å². The van der Waals surface area contributed by atoms with Crippen molar-refractivity contribution in [2.24, 2.45) is 0 Å². The Bertz CT molecular complexity index is 2050. The summed E-state index contributed by atoms with van der Waals surface area (Å²) in [5.41, 5.74) is 9.34. The molecule has 0 spiro atoms. The van der Waals surface area contributed by atoms with Crippen molar-refractivity contribution in [2.75, 3.05) is 0 Å². The highest BCUT2D eigenvalue weighted by Gasteiger charge is 2.22. The summed E-state index contributed by atoms with van der Waals surface area (Å²) in [6.07, 6.45) is 0. The van der Waals surface area contributed by atoms with Crippen LogP contribution >= 0.6 is 0 Å². The van der Waals surface area contributed by atoms with Crippen LogP contribution < -0.4 is 0 Å². The average molecular weight is 483 g/mol. The number of fused-ring (bicyclic) bond motifs is 4. The van der Waals surface area contributed by atoms with E-state index in [0.29, 0.717) is 5.56 Å². The molecule has 0 aliphatic rings. The van der Waals surface area contributed by atoms with E-state index in [2.05, 4.69) is 45.9 Å². The van der Waals surface area contributed by atoms with Crippen LogP contribution in [-0.4, -0.2) is 14.5 Å². The van der Waals surface area contributed by atoms with Gasteiger partial charge in [0.2, 0.25) is 0 Å². The van der Waals surface area contributed by atoms with Crippen LogP contribution in [-0.2, 0) is 0 Å². The largest absolute Gasteiger partial charge is 0.455 e. The van der Waals surface area contributed by atoms with Gasteiger partial charge in [-0.15, -0.1) is 0 Å². The van der Waals surface area contributed by atoms with Gasteiger partial charge in [0.1, 0.15) is 17.0 Å². The minimum Gasteiger partial charge on any atom is -0.455 e. The Hall–Kier alpha value is -4.70. The van der Waals surface area contributed by atoms with Crippen molar-refractivity contribution in [1.82, 2.24) is 14.5 Å². The van der Waals surface area contributed by atoms with Crippen molar-refractivity contribution in [3.63, 3.8) is 0 Å². The first-order valence-electron chi connectivity index (χ1n) is 13.8. The maximum atomic E-state index is 7.75. The highest BCUT2D eigenvalue weighted by atomic mass is 16.3. The molecule has 0 N–H and O–H groups in total. The summed E-state index contributed by atoms with van der Waals surface area (Å²) < 4.78 is 32.0. The number of furan rings is 1. The molecular formula is C33H25N3O. The third kappa shape index (κ3) is 3.45. The van der Waals surface area contributed by atoms with Crippen LogP contribution in [0.2, 0.25) is 0 Å². The predicted molar refractivity (Wildman–Crippen MR) is 151 cm³/mol. The lowest BCUT2D eigenvalue weighted by Crippen LogP contribution is -2.00. The lowest BCUT2D eigenvalue weighted by molar-refractivity contribution is 0.669. The number of nitrogens with zero attached hydrogens (tertiary/aromatic N) is 3. The van der Waals surface area contributed by atoms with Gasteiger partial charge in [-0.25, -0.2) is 4.98 Å². The lowest BCUT2D eigenvalue weighted by atomic mass is 9.96. The van der Waals surface area contributed by atoms with E-state index in [9.17, 15) is 0 Å². The molecular weight excluding hydrogens is 454 g/mol.